The molecule has 0 bridgehead atoms. The number of anilines is 1. The Bertz CT molecular complexity index is 496. The zero-order chi connectivity index (χ0) is 12.3. The Hall–Kier alpha value is -1.69. The number of rotatable bonds is 5. The summed E-state index contributed by atoms with van der Waals surface area (Å²) < 4.78 is 6.79. The molecule has 2 aromatic rings. The number of ether oxygens (including phenoxy) is 1. The maximum Gasteiger partial charge on any atom is 0.163 e. The number of aryl methyl sites for hydroxylation is 1. The van der Waals surface area contributed by atoms with Gasteiger partial charge in [-0.05, 0) is 13.3 Å². The Morgan fingerprint density at radius 1 is 1.47 bits per heavy atom. The van der Waals surface area contributed by atoms with E-state index in [0.717, 1.165) is 29.9 Å². The third kappa shape index (κ3) is 2.52. The van der Waals surface area contributed by atoms with Crippen LogP contribution in [0.4, 0.5) is 5.82 Å². The number of hydrogen-bond donors (Lipinski definition) is 1. The van der Waals surface area contributed by atoms with Gasteiger partial charge in [0, 0.05) is 26.8 Å². The summed E-state index contributed by atoms with van der Waals surface area (Å²) in [7, 11) is 3.57. The van der Waals surface area contributed by atoms with Gasteiger partial charge in [-0.1, -0.05) is 0 Å². The third-order valence-corrected chi connectivity index (χ3v) is 2.67. The largest absolute Gasteiger partial charge is 0.385 e. The number of hydrogen-bond acceptors (Lipinski definition) is 5. The normalized spacial score (nSPS) is 12.9. The summed E-state index contributed by atoms with van der Waals surface area (Å²) >= 11 is 0. The zero-order valence-electron chi connectivity index (χ0n) is 10.3. The maximum atomic E-state index is 5.05. The van der Waals surface area contributed by atoms with Crippen molar-refractivity contribution in [3.8, 4) is 0 Å². The minimum Gasteiger partial charge on any atom is -0.385 e. The Kier molecular flexibility index (Phi) is 3.53. The molecular weight excluding hydrogens is 218 g/mol. The Labute approximate surface area is 100 Å². The molecule has 0 aliphatic heterocycles. The predicted molar refractivity (Wildman–Crippen MR) is 65.9 cm³/mol. The van der Waals surface area contributed by atoms with Gasteiger partial charge in [0.15, 0.2) is 5.65 Å². The van der Waals surface area contributed by atoms with E-state index < -0.39 is 0 Å². The molecule has 0 aliphatic carbocycles. The molecule has 0 spiro atoms. The van der Waals surface area contributed by atoms with E-state index >= 15 is 0 Å². The number of aromatic nitrogens is 4. The molecule has 0 aromatic carbocycles. The van der Waals surface area contributed by atoms with Gasteiger partial charge in [0.2, 0.25) is 0 Å². The van der Waals surface area contributed by atoms with Crippen LogP contribution >= 0.6 is 0 Å². The lowest BCUT2D eigenvalue weighted by Gasteiger charge is -2.14. The van der Waals surface area contributed by atoms with E-state index in [-0.39, 0.29) is 0 Å². The highest BCUT2D eigenvalue weighted by Crippen LogP contribution is 2.18. The lowest BCUT2D eigenvalue weighted by atomic mass is 10.2. The molecule has 17 heavy (non-hydrogen) atoms. The molecule has 6 nitrogen and oxygen atoms in total. The van der Waals surface area contributed by atoms with Gasteiger partial charge < -0.3 is 10.1 Å². The van der Waals surface area contributed by atoms with E-state index in [1.807, 2.05) is 7.05 Å². The SMILES string of the molecule is COCCC(C)Nc1ncnc2c1cnn2C. The van der Waals surface area contributed by atoms with Crippen molar-refractivity contribution in [3.05, 3.63) is 12.5 Å². The topological polar surface area (TPSA) is 64.9 Å². The van der Waals surface area contributed by atoms with E-state index in [4.69, 9.17) is 4.74 Å². The molecule has 0 aliphatic rings. The van der Waals surface area contributed by atoms with Gasteiger partial charge in [0.25, 0.3) is 0 Å². The number of fused-ring (bicyclic) bond motifs is 1. The summed E-state index contributed by atoms with van der Waals surface area (Å²) in [4.78, 5) is 8.45. The first kappa shape index (κ1) is 11.8. The van der Waals surface area contributed by atoms with Crippen molar-refractivity contribution in [2.24, 2.45) is 7.05 Å². The molecule has 0 amide bonds. The van der Waals surface area contributed by atoms with E-state index in [9.17, 15) is 0 Å². The average Bonchev–Trinajstić information content (AvgIpc) is 2.70. The van der Waals surface area contributed by atoms with Crippen molar-refractivity contribution >= 4 is 16.9 Å². The fraction of sp³-hybridized carbons (Fsp3) is 0.545. The van der Waals surface area contributed by atoms with Crippen LogP contribution in [0.15, 0.2) is 12.5 Å². The second kappa shape index (κ2) is 5.09. The van der Waals surface area contributed by atoms with Gasteiger partial charge in [-0.3, -0.25) is 4.68 Å². The van der Waals surface area contributed by atoms with Crippen LogP contribution in [0.25, 0.3) is 11.0 Å². The van der Waals surface area contributed by atoms with Crippen LogP contribution < -0.4 is 5.32 Å². The lowest BCUT2D eigenvalue weighted by molar-refractivity contribution is 0.191. The van der Waals surface area contributed by atoms with Crippen LogP contribution in [0.1, 0.15) is 13.3 Å². The van der Waals surface area contributed by atoms with Crippen molar-refractivity contribution in [2.75, 3.05) is 19.0 Å². The summed E-state index contributed by atoms with van der Waals surface area (Å²) in [6, 6.07) is 0.299. The smallest absolute Gasteiger partial charge is 0.163 e. The minimum atomic E-state index is 0.299. The van der Waals surface area contributed by atoms with E-state index in [2.05, 4.69) is 27.3 Å². The van der Waals surface area contributed by atoms with Crippen molar-refractivity contribution in [3.63, 3.8) is 0 Å². The van der Waals surface area contributed by atoms with Crippen LogP contribution in [-0.4, -0.2) is 39.5 Å². The number of nitrogens with one attached hydrogen (secondary N) is 1. The predicted octanol–water partition coefficient (Wildman–Crippen LogP) is 1.20. The first-order chi connectivity index (χ1) is 8.22. The van der Waals surface area contributed by atoms with E-state index in [1.165, 1.54) is 0 Å². The van der Waals surface area contributed by atoms with Crippen LogP contribution in [0.3, 0.4) is 0 Å². The first-order valence-electron chi connectivity index (χ1n) is 5.60. The van der Waals surface area contributed by atoms with Crippen molar-refractivity contribution in [2.45, 2.75) is 19.4 Å². The van der Waals surface area contributed by atoms with E-state index in [0.29, 0.717) is 6.04 Å². The molecule has 6 heteroatoms. The molecule has 1 N–H and O–H groups in total. The molecule has 2 rings (SSSR count). The van der Waals surface area contributed by atoms with Crippen LogP contribution in [-0.2, 0) is 11.8 Å². The van der Waals surface area contributed by atoms with Crippen molar-refractivity contribution in [1.82, 2.24) is 19.7 Å². The molecular formula is C11H17N5O. The second-order valence-corrected chi connectivity index (χ2v) is 4.05. The molecule has 2 heterocycles. The molecule has 0 radical (unpaired) electrons. The Morgan fingerprint density at radius 2 is 2.29 bits per heavy atom. The van der Waals surface area contributed by atoms with Crippen LogP contribution in [0, 0.1) is 0 Å². The zero-order valence-corrected chi connectivity index (χ0v) is 10.3. The molecule has 0 fully saturated rings. The van der Waals surface area contributed by atoms with Gasteiger partial charge in [0.1, 0.15) is 12.1 Å². The lowest BCUT2D eigenvalue weighted by Crippen LogP contribution is -2.18. The fourth-order valence-electron chi connectivity index (χ4n) is 1.68. The number of nitrogens with zero attached hydrogens (tertiary/aromatic N) is 4. The standard InChI is InChI=1S/C11H17N5O/c1-8(4-5-17-3)15-10-9-6-14-16(2)11(9)13-7-12-10/h6-8H,4-5H2,1-3H3,(H,12,13,15). The van der Waals surface area contributed by atoms with Gasteiger partial charge in [-0.25, -0.2) is 9.97 Å². The summed E-state index contributed by atoms with van der Waals surface area (Å²) in [5.41, 5.74) is 0.835. The molecule has 0 saturated carbocycles. The quantitative estimate of drug-likeness (QED) is 0.843. The molecule has 1 atom stereocenters. The fourth-order valence-corrected chi connectivity index (χ4v) is 1.68. The van der Waals surface area contributed by atoms with Gasteiger partial charge >= 0.3 is 0 Å². The highest BCUT2D eigenvalue weighted by atomic mass is 16.5. The van der Waals surface area contributed by atoms with Crippen molar-refractivity contribution in [1.29, 1.82) is 0 Å². The molecule has 0 saturated heterocycles. The van der Waals surface area contributed by atoms with Crippen molar-refractivity contribution < 1.29 is 4.74 Å². The maximum absolute atomic E-state index is 5.05. The van der Waals surface area contributed by atoms with E-state index in [1.54, 1.807) is 24.3 Å². The van der Waals surface area contributed by atoms with Gasteiger partial charge in [-0.15, -0.1) is 0 Å². The molecule has 1 unspecified atom stereocenters. The van der Waals surface area contributed by atoms with Gasteiger partial charge in [0.05, 0.1) is 11.6 Å². The molecule has 92 valence electrons. The second-order valence-electron chi connectivity index (χ2n) is 4.05. The monoisotopic (exact) mass is 235 g/mol. The first-order valence-corrected chi connectivity index (χ1v) is 5.60. The number of methoxy groups -OCH3 is 1. The third-order valence-electron chi connectivity index (χ3n) is 2.67. The van der Waals surface area contributed by atoms with Crippen LogP contribution in [0.5, 0.6) is 0 Å². The highest BCUT2D eigenvalue weighted by Gasteiger charge is 2.09. The summed E-state index contributed by atoms with van der Waals surface area (Å²) in [6.07, 6.45) is 4.26. The highest BCUT2D eigenvalue weighted by molar-refractivity contribution is 5.86. The summed E-state index contributed by atoms with van der Waals surface area (Å²) in [6.45, 7) is 2.83. The summed E-state index contributed by atoms with van der Waals surface area (Å²) in [5.74, 6) is 0.826. The Morgan fingerprint density at radius 3 is 3.06 bits per heavy atom. The Balaban J connectivity index is 2.18. The minimum absolute atomic E-state index is 0.299. The van der Waals surface area contributed by atoms with Crippen LogP contribution in [0.2, 0.25) is 0 Å². The van der Waals surface area contributed by atoms with Gasteiger partial charge in [-0.2, -0.15) is 5.10 Å². The molecule has 2 aromatic heterocycles. The average molecular weight is 235 g/mol. The summed E-state index contributed by atoms with van der Waals surface area (Å²) in [5, 5.41) is 8.47.